The maximum Gasteiger partial charge on any atom is 0.372 e. The number of carboxylic acids is 1. The van der Waals surface area contributed by atoms with Gasteiger partial charge in [-0.1, -0.05) is 0 Å². The molecule has 0 amide bonds. The quantitative estimate of drug-likeness (QED) is 0.839. The molecule has 100 valence electrons. The maximum absolute atomic E-state index is 13.3. The third-order valence-electron chi connectivity index (χ3n) is 2.42. The lowest BCUT2D eigenvalue weighted by molar-refractivity contribution is 0.0661. The van der Waals surface area contributed by atoms with E-state index in [0.29, 0.717) is 12.1 Å². The Morgan fingerprint density at radius 1 is 1.21 bits per heavy atom. The predicted octanol–water partition coefficient (Wildman–Crippen LogP) is 3.01. The first-order chi connectivity index (χ1) is 8.99. The number of halogens is 3. The van der Waals surface area contributed by atoms with Crippen LogP contribution in [0.25, 0.3) is 0 Å². The van der Waals surface area contributed by atoms with Crippen molar-refractivity contribution in [2.45, 2.75) is 6.54 Å². The number of rotatable bonds is 4. The second-order valence-corrected chi connectivity index (χ2v) is 3.68. The van der Waals surface area contributed by atoms with Crippen molar-refractivity contribution in [2.75, 3.05) is 5.32 Å². The Hall–Kier alpha value is -2.44. The van der Waals surface area contributed by atoms with Gasteiger partial charge in [0.1, 0.15) is 5.82 Å². The minimum Gasteiger partial charge on any atom is -0.475 e. The zero-order valence-electron chi connectivity index (χ0n) is 9.41. The van der Waals surface area contributed by atoms with Gasteiger partial charge in [0.15, 0.2) is 11.6 Å². The first kappa shape index (κ1) is 13.0. The van der Waals surface area contributed by atoms with E-state index >= 15 is 0 Å². The molecule has 2 rings (SSSR count). The topological polar surface area (TPSA) is 62.5 Å². The summed E-state index contributed by atoms with van der Waals surface area (Å²) in [5.41, 5.74) is -0.00641. The standard InChI is InChI=1S/C12H8F3NO3/c13-7-3-9(15)10(4-8(7)14)16-5-6-1-2-19-11(6)12(17)18/h1-4,16H,5H2,(H,17,18). The lowest BCUT2D eigenvalue weighted by Gasteiger charge is -2.07. The fourth-order valence-electron chi connectivity index (χ4n) is 1.51. The summed E-state index contributed by atoms with van der Waals surface area (Å²) < 4.78 is 43.7. The van der Waals surface area contributed by atoms with E-state index < -0.39 is 23.4 Å². The highest BCUT2D eigenvalue weighted by molar-refractivity contribution is 5.86. The number of hydrogen-bond donors (Lipinski definition) is 2. The van der Waals surface area contributed by atoms with E-state index in [1.807, 2.05) is 0 Å². The molecule has 0 fully saturated rings. The highest BCUT2D eigenvalue weighted by Gasteiger charge is 2.15. The van der Waals surface area contributed by atoms with Gasteiger partial charge in [-0.3, -0.25) is 0 Å². The van der Waals surface area contributed by atoms with Crippen molar-refractivity contribution in [3.8, 4) is 0 Å². The van der Waals surface area contributed by atoms with Crippen LogP contribution in [0.4, 0.5) is 18.9 Å². The summed E-state index contributed by atoms with van der Waals surface area (Å²) >= 11 is 0. The molecule has 4 nitrogen and oxygen atoms in total. The summed E-state index contributed by atoms with van der Waals surface area (Å²) in [6.07, 6.45) is 1.17. The van der Waals surface area contributed by atoms with Crippen LogP contribution < -0.4 is 5.32 Å². The molecule has 19 heavy (non-hydrogen) atoms. The molecule has 2 N–H and O–H groups in total. The van der Waals surface area contributed by atoms with E-state index in [4.69, 9.17) is 9.52 Å². The summed E-state index contributed by atoms with van der Waals surface area (Å²) in [6.45, 7) is -0.0971. The first-order valence-corrected chi connectivity index (χ1v) is 5.17. The van der Waals surface area contributed by atoms with Crippen LogP contribution in [-0.2, 0) is 6.54 Å². The highest BCUT2D eigenvalue weighted by atomic mass is 19.2. The van der Waals surface area contributed by atoms with Crippen molar-refractivity contribution in [3.05, 3.63) is 53.2 Å². The summed E-state index contributed by atoms with van der Waals surface area (Å²) in [6, 6.07) is 2.45. The fraction of sp³-hybridized carbons (Fsp3) is 0.0833. The van der Waals surface area contributed by atoms with Gasteiger partial charge < -0.3 is 14.8 Å². The average Bonchev–Trinajstić information content (AvgIpc) is 2.80. The summed E-state index contributed by atoms with van der Waals surface area (Å²) in [7, 11) is 0. The lowest BCUT2D eigenvalue weighted by atomic mass is 10.2. The molecule has 2 aromatic rings. The minimum absolute atomic E-state index is 0.0971. The van der Waals surface area contributed by atoms with Crippen molar-refractivity contribution in [1.82, 2.24) is 0 Å². The molecule has 0 saturated carbocycles. The highest BCUT2D eigenvalue weighted by Crippen LogP contribution is 2.20. The van der Waals surface area contributed by atoms with Gasteiger partial charge in [-0.15, -0.1) is 0 Å². The minimum atomic E-state index is -1.29. The van der Waals surface area contributed by atoms with Crippen molar-refractivity contribution in [3.63, 3.8) is 0 Å². The van der Waals surface area contributed by atoms with Gasteiger partial charge in [-0.25, -0.2) is 18.0 Å². The van der Waals surface area contributed by atoms with E-state index in [0.717, 1.165) is 0 Å². The summed E-state index contributed by atoms with van der Waals surface area (Å²) in [5, 5.41) is 11.3. The van der Waals surface area contributed by atoms with E-state index in [1.54, 1.807) is 0 Å². The summed E-state index contributed by atoms with van der Waals surface area (Å²) in [5.74, 6) is -5.03. The molecule has 1 aromatic heterocycles. The molecular formula is C12H8F3NO3. The number of aromatic carboxylic acids is 1. The molecule has 0 aliphatic carbocycles. The van der Waals surface area contributed by atoms with Crippen molar-refractivity contribution in [1.29, 1.82) is 0 Å². The van der Waals surface area contributed by atoms with E-state index in [9.17, 15) is 18.0 Å². The van der Waals surface area contributed by atoms with Gasteiger partial charge in [-0.2, -0.15) is 0 Å². The number of benzene rings is 1. The summed E-state index contributed by atoms with van der Waals surface area (Å²) in [4.78, 5) is 10.8. The largest absolute Gasteiger partial charge is 0.475 e. The van der Waals surface area contributed by atoms with E-state index in [1.165, 1.54) is 12.3 Å². The van der Waals surface area contributed by atoms with Gasteiger partial charge in [0.25, 0.3) is 0 Å². The Morgan fingerprint density at radius 3 is 2.58 bits per heavy atom. The first-order valence-electron chi connectivity index (χ1n) is 5.17. The number of anilines is 1. The molecule has 0 atom stereocenters. The number of hydrogen-bond acceptors (Lipinski definition) is 3. The SMILES string of the molecule is O=C(O)c1occc1CNc1cc(F)c(F)cc1F. The molecule has 0 unspecified atom stereocenters. The second-order valence-electron chi connectivity index (χ2n) is 3.68. The molecule has 0 spiro atoms. The maximum atomic E-state index is 13.3. The zero-order valence-corrected chi connectivity index (χ0v) is 9.41. The number of nitrogens with one attached hydrogen (secondary N) is 1. The number of carboxylic acid groups (broad SMARTS) is 1. The molecule has 0 aliphatic heterocycles. The number of furan rings is 1. The Bertz CT molecular complexity index is 625. The van der Waals surface area contributed by atoms with Crippen molar-refractivity contribution < 1.29 is 27.5 Å². The zero-order chi connectivity index (χ0) is 14.0. The average molecular weight is 271 g/mol. The van der Waals surface area contributed by atoms with Crippen LogP contribution in [0.15, 0.2) is 28.9 Å². The predicted molar refractivity (Wildman–Crippen MR) is 59.3 cm³/mol. The number of carbonyl (C=O) groups is 1. The van der Waals surface area contributed by atoms with Crippen LogP contribution in [0.1, 0.15) is 16.1 Å². The van der Waals surface area contributed by atoms with E-state index in [2.05, 4.69) is 5.32 Å². The fourth-order valence-corrected chi connectivity index (χ4v) is 1.51. The molecular weight excluding hydrogens is 263 g/mol. The van der Waals surface area contributed by atoms with Crippen LogP contribution in [0.2, 0.25) is 0 Å². The van der Waals surface area contributed by atoms with Crippen molar-refractivity contribution >= 4 is 11.7 Å². The van der Waals surface area contributed by atoms with Gasteiger partial charge in [0.05, 0.1) is 12.0 Å². The van der Waals surface area contributed by atoms with E-state index in [-0.39, 0.29) is 23.6 Å². The third-order valence-corrected chi connectivity index (χ3v) is 2.42. The van der Waals surface area contributed by atoms with Crippen LogP contribution in [0.5, 0.6) is 0 Å². The van der Waals surface area contributed by atoms with Crippen molar-refractivity contribution in [2.24, 2.45) is 0 Å². The van der Waals surface area contributed by atoms with Gasteiger partial charge in [0, 0.05) is 24.2 Å². The van der Waals surface area contributed by atoms with Gasteiger partial charge in [0.2, 0.25) is 5.76 Å². The Balaban J connectivity index is 2.17. The smallest absolute Gasteiger partial charge is 0.372 e. The monoisotopic (exact) mass is 271 g/mol. The third kappa shape index (κ3) is 2.70. The van der Waals surface area contributed by atoms with Gasteiger partial charge in [-0.05, 0) is 6.07 Å². The van der Waals surface area contributed by atoms with Gasteiger partial charge >= 0.3 is 5.97 Å². The van der Waals surface area contributed by atoms with Crippen LogP contribution >= 0.6 is 0 Å². The van der Waals surface area contributed by atoms with Crippen LogP contribution in [-0.4, -0.2) is 11.1 Å². The molecule has 0 radical (unpaired) electrons. The normalized spacial score (nSPS) is 10.5. The van der Waals surface area contributed by atoms with Crippen LogP contribution in [0, 0.1) is 17.5 Å². The Labute approximate surface area is 105 Å². The molecule has 0 bridgehead atoms. The molecule has 0 aliphatic rings. The Morgan fingerprint density at radius 2 is 1.89 bits per heavy atom. The van der Waals surface area contributed by atoms with Crippen LogP contribution in [0.3, 0.4) is 0 Å². The molecule has 1 heterocycles. The Kier molecular flexibility index (Phi) is 3.46. The molecule has 0 saturated heterocycles. The second kappa shape index (κ2) is 5.05. The molecule has 7 heteroatoms. The lowest BCUT2D eigenvalue weighted by Crippen LogP contribution is -2.06. The molecule has 1 aromatic carbocycles.